The highest BCUT2D eigenvalue weighted by Gasteiger charge is 2.27. The highest BCUT2D eigenvalue weighted by molar-refractivity contribution is 7.92. The average Bonchev–Trinajstić information content (AvgIpc) is 2.18. The van der Waals surface area contributed by atoms with Gasteiger partial charge in [0.25, 0.3) is 0 Å². The zero-order valence-corrected chi connectivity index (χ0v) is 10.2. The van der Waals surface area contributed by atoms with E-state index in [1.165, 1.54) is 6.92 Å². The topological polar surface area (TPSA) is 74.7 Å². The summed E-state index contributed by atoms with van der Waals surface area (Å²) in [6.45, 7) is 7.03. The van der Waals surface area contributed by atoms with Crippen LogP contribution in [0.25, 0.3) is 0 Å². The summed E-state index contributed by atoms with van der Waals surface area (Å²) >= 11 is 0. The van der Waals surface area contributed by atoms with Crippen LogP contribution in [0.3, 0.4) is 0 Å². The number of carboxylic acid groups (broad SMARTS) is 1. The maximum Gasteiger partial charge on any atom is 0.321 e. The first-order chi connectivity index (χ1) is 6.85. The largest absolute Gasteiger partial charge is 0.480 e. The molecule has 0 aliphatic heterocycles. The van der Waals surface area contributed by atoms with Crippen molar-refractivity contribution in [1.82, 2.24) is 4.90 Å². The van der Waals surface area contributed by atoms with Crippen LogP contribution in [0.1, 0.15) is 20.8 Å². The SMILES string of the molecule is CCN(CC)CCS(=O)(=O)C(C)C(=O)O. The highest BCUT2D eigenvalue weighted by Crippen LogP contribution is 2.03. The summed E-state index contributed by atoms with van der Waals surface area (Å²) in [7, 11) is -3.52. The Bertz CT molecular complexity index is 295. The van der Waals surface area contributed by atoms with Crippen molar-refractivity contribution in [2.45, 2.75) is 26.0 Å². The molecule has 0 spiro atoms. The first kappa shape index (κ1) is 14.4. The monoisotopic (exact) mass is 237 g/mol. The van der Waals surface area contributed by atoms with Crippen molar-refractivity contribution in [3.63, 3.8) is 0 Å². The molecule has 0 fully saturated rings. The highest BCUT2D eigenvalue weighted by atomic mass is 32.2. The van der Waals surface area contributed by atoms with Crippen LogP contribution >= 0.6 is 0 Å². The number of sulfone groups is 1. The van der Waals surface area contributed by atoms with Crippen molar-refractivity contribution in [3.8, 4) is 0 Å². The third-order valence-electron chi connectivity index (χ3n) is 2.47. The molecule has 0 saturated heterocycles. The number of carbonyl (C=O) groups is 1. The molecule has 1 N–H and O–H groups in total. The molecular formula is C9H19NO4S. The second-order valence-corrected chi connectivity index (χ2v) is 5.82. The van der Waals surface area contributed by atoms with E-state index < -0.39 is 21.1 Å². The minimum Gasteiger partial charge on any atom is -0.480 e. The van der Waals surface area contributed by atoms with E-state index in [0.717, 1.165) is 13.1 Å². The Morgan fingerprint density at radius 3 is 2.13 bits per heavy atom. The Morgan fingerprint density at radius 1 is 1.33 bits per heavy atom. The van der Waals surface area contributed by atoms with E-state index in [-0.39, 0.29) is 5.75 Å². The fraction of sp³-hybridized carbons (Fsp3) is 0.889. The van der Waals surface area contributed by atoms with Crippen LogP contribution < -0.4 is 0 Å². The number of carboxylic acids is 1. The molecule has 0 radical (unpaired) electrons. The molecule has 0 aliphatic carbocycles. The van der Waals surface area contributed by atoms with Crippen molar-refractivity contribution in [2.24, 2.45) is 0 Å². The van der Waals surface area contributed by atoms with E-state index >= 15 is 0 Å². The lowest BCUT2D eigenvalue weighted by Crippen LogP contribution is -2.35. The molecule has 90 valence electrons. The van der Waals surface area contributed by atoms with Gasteiger partial charge in [-0.25, -0.2) is 8.42 Å². The molecule has 15 heavy (non-hydrogen) atoms. The number of rotatable bonds is 7. The molecular weight excluding hydrogens is 218 g/mol. The van der Waals surface area contributed by atoms with E-state index in [1.807, 2.05) is 18.7 Å². The second kappa shape index (κ2) is 6.07. The third kappa shape index (κ3) is 4.61. The zero-order valence-electron chi connectivity index (χ0n) is 9.43. The maximum absolute atomic E-state index is 11.5. The van der Waals surface area contributed by atoms with Gasteiger partial charge in [0, 0.05) is 6.54 Å². The smallest absolute Gasteiger partial charge is 0.321 e. The van der Waals surface area contributed by atoms with Gasteiger partial charge in [0.05, 0.1) is 5.75 Å². The van der Waals surface area contributed by atoms with Crippen molar-refractivity contribution in [2.75, 3.05) is 25.4 Å². The first-order valence-corrected chi connectivity index (χ1v) is 6.73. The van der Waals surface area contributed by atoms with Gasteiger partial charge in [-0.15, -0.1) is 0 Å². The molecule has 0 aromatic heterocycles. The summed E-state index contributed by atoms with van der Waals surface area (Å²) in [6, 6.07) is 0. The molecule has 0 aromatic rings. The minimum atomic E-state index is -3.52. The summed E-state index contributed by atoms with van der Waals surface area (Å²) < 4.78 is 23.0. The van der Waals surface area contributed by atoms with Gasteiger partial charge < -0.3 is 10.0 Å². The van der Waals surface area contributed by atoms with Crippen LogP contribution in [-0.4, -0.2) is 55.0 Å². The van der Waals surface area contributed by atoms with Crippen LogP contribution in [-0.2, 0) is 14.6 Å². The van der Waals surface area contributed by atoms with E-state index in [2.05, 4.69) is 0 Å². The first-order valence-electron chi connectivity index (χ1n) is 5.01. The third-order valence-corrected chi connectivity index (χ3v) is 4.50. The second-order valence-electron chi connectivity index (χ2n) is 3.37. The molecule has 5 nitrogen and oxygen atoms in total. The molecule has 0 saturated carbocycles. The van der Waals surface area contributed by atoms with Crippen molar-refractivity contribution in [3.05, 3.63) is 0 Å². The van der Waals surface area contributed by atoms with E-state index in [1.54, 1.807) is 0 Å². The van der Waals surface area contributed by atoms with E-state index in [0.29, 0.717) is 6.54 Å². The van der Waals surface area contributed by atoms with Gasteiger partial charge in [-0.05, 0) is 20.0 Å². The van der Waals surface area contributed by atoms with E-state index in [4.69, 9.17) is 5.11 Å². The van der Waals surface area contributed by atoms with Crippen LogP contribution in [0.2, 0.25) is 0 Å². The molecule has 1 atom stereocenters. The lowest BCUT2D eigenvalue weighted by atomic mass is 10.5. The molecule has 0 bridgehead atoms. The quantitative estimate of drug-likeness (QED) is 0.685. The van der Waals surface area contributed by atoms with Gasteiger partial charge in [0.2, 0.25) is 0 Å². The predicted octanol–water partition coefficient (Wildman–Crippen LogP) is 0.216. The Morgan fingerprint density at radius 2 is 1.80 bits per heavy atom. The van der Waals surface area contributed by atoms with Crippen LogP contribution in [0.4, 0.5) is 0 Å². The van der Waals surface area contributed by atoms with Crippen molar-refractivity contribution in [1.29, 1.82) is 0 Å². The van der Waals surface area contributed by atoms with Gasteiger partial charge in [-0.1, -0.05) is 13.8 Å². The predicted molar refractivity (Wildman–Crippen MR) is 58.7 cm³/mol. The van der Waals surface area contributed by atoms with Gasteiger partial charge in [0.1, 0.15) is 0 Å². The standard InChI is InChI=1S/C9H19NO4S/c1-4-10(5-2)6-7-15(13,14)8(3)9(11)12/h8H,4-7H2,1-3H3,(H,11,12). The summed E-state index contributed by atoms with van der Waals surface area (Å²) in [4.78, 5) is 12.5. The van der Waals surface area contributed by atoms with Crippen LogP contribution in [0, 0.1) is 0 Å². The molecule has 6 heteroatoms. The Hall–Kier alpha value is -0.620. The Kier molecular flexibility index (Phi) is 5.82. The normalized spacial score (nSPS) is 14.1. The minimum absolute atomic E-state index is 0.0951. The van der Waals surface area contributed by atoms with Crippen molar-refractivity contribution < 1.29 is 18.3 Å². The van der Waals surface area contributed by atoms with Gasteiger partial charge in [-0.3, -0.25) is 4.79 Å². The van der Waals surface area contributed by atoms with Gasteiger partial charge in [-0.2, -0.15) is 0 Å². The molecule has 0 rings (SSSR count). The van der Waals surface area contributed by atoms with Crippen molar-refractivity contribution >= 4 is 15.8 Å². The zero-order chi connectivity index (χ0) is 12.1. The summed E-state index contributed by atoms with van der Waals surface area (Å²) in [5.74, 6) is -1.38. The van der Waals surface area contributed by atoms with Gasteiger partial charge >= 0.3 is 5.97 Å². The fourth-order valence-electron chi connectivity index (χ4n) is 1.13. The number of nitrogens with zero attached hydrogens (tertiary/aromatic N) is 1. The summed E-state index contributed by atoms with van der Waals surface area (Å²) in [5.41, 5.74) is 0. The molecule has 0 aliphatic rings. The summed E-state index contributed by atoms with van der Waals surface area (Å²) in [6.07, 6.45) is 0. The Labute approximate surface area is 91.0 Å². The number of aliphatic carboxylic acids is 1. The molecule has 0 amide bonds. The molecule has 0 aromatic carbocycles. The maximum atomic E-state index is 11.5. The number of hydrogen-bond acceptors (Lipinski definition) is 4. The van der Waals surface area contributed by atoms with E-state index in [9.17, 15) is 13.2 Å². The van der Waals surface area contributed by atoms with Crippen LogP contribution in [0.15, 0.2) is 0 Å². The lowest BCUT2D eigenvalue weighted by molar-refractivity contribution is -0.136. The van der Waals surface area contributed by atoms with Crippen LogP contribution in [0.5, 0.6) is 0 Å². The van der Waals surface area contributed by atoms with Gasteiger partial charge in [0.15, 0.2) is 15.1 Å². The molecule has 0 heterocycles. The fourth-order valence-corrected chi connectivity index (χ4v) is 2.30. The average molecular weight is 237 g/mol. The number of hydrogen-bond donors (Lipinski definition) is 1. The summed E-state index contributed by atoms with van der Waals surface area (Å²) in [5, 5.41) is 7.29. The lowest BCUT2D eigenvalue weighted by Gasteiger charge is -2.18. The molecule has 1 unspecified atom stereocenters. The Balaban J connectivity index is 4.33.